The maximum absolute atomic E-state index is 11.8. The van der Waals surface area contributed by atoms with E-state index in [4.69, 9.17) is 0 Å². The Morgan fingerprint density at radius 2 is 1.82 bits per heavy atom. The zero-order chi connectivity index (χ0) is 12.5. The molecule has 0 atom stereocenters. The summed E-state index contributed by atoms with van der Waals surface area (Å²) in [4.78, 5) is 22.7. The molecule has 0 bridgehead atoms. The molecule has 0 unspecified atom stereocenters. The van der Waals surface area contributed by atoms with Crippen molar-refractivity contribution in [2.45, 2.75) is 51.4 Å². The molecule has 1 rings (SSSR count). The lowest BCUT2D eigenvalue weighted by Crippen LogP contribution is -2.31. The van der Waals surface area contributed by atoms with Gasteiger partial charge in [0, 0.05) is 18.9 Å². The smallest absolute Gasteiger partial charge is 0.305 e. The van der Waals surface area contributed by atoms with Gasteiger partial charge in [-0.25, -0.2) is 0 Å². The van der Waals surface area contributed by atoms with Gasteiger partial charge in [0.25, 0.3) is 0 Å². The third kappa shape index (κ3) is 5.71. The molecule has 4 nitrogen and oxygen atoms in total. The minimum absolute atomic E-state index is 0.164. The van der Waals surface area contributed by atoms with Crippen LogP contribution in [-0.2, 0) is 14.3 Å². The fourth-order valence-corrected chi connectivity index (χ4v) is 2.23. The lowest BCUT2D eigenvalue weighted by atomic mass is 9.99. The number of hydrogen-bond acceptors (Lipinski definition) is 3. The number of methoxy groups -OCH3 is 1. The molecule has 0 aliphatic heterocycles. The molecule has 0 heterocycles. The second-order valence-corrected chi connectivity index (χ2v) is 4.66. The van der Waals surface area contributed by atoms with Gasteiger partial charge >= 0.3 is 5.97 Å². The average molecular weight is 241 g/mol. The Kier molecular flexibility index (Phi) is 6.67. The van der Waals surface area contributed by atoms with Gasteiger partial charge in [-0.05, 0) is 19.3 Å². The van der Waals surface area contributed by atoms with Gasteiger partial charge in [-0.15, -0.1) is 0 Å². The SMILES string of the molecule is COC(=O)CCCNC(=O)C1CCCCCC1. The van der Waals surface area contributed by atoms with Crippen LogP contribution in [-0.4, -0.2) is 25.5 Å². The molecule has 98 valence electrons. The Bertz CT molecular complexity index is 245. The summed E-state index contributed by atoms with van der Waals surface area (Å²) in [6, 6.07) is 0. The molecule has 0 aromatic carbocycles. The van der Waals surface area contributed by atoms with E-state index in [0.29, 0.717) is 19.4 Å². The molecule has 17 heavy (non-hydrogen) atoms. The zero-order valence-corrected chi connectivity index (χ0v) is 10.7. The van der Waals surface area contributed by atoms with Crippen molar-refractivity contribution in [1.29, 1.82) is 0 Å². The van der Waals surface area contributed by atoms with Crippen molar-refractivity contribution in [1.82, 2.24) is 5.32 Å². The van der Waals surface area contributed by atoms with Crippen molar-refractivity contribution in [2.24, 2.45) is 5.92 Å². The first kappa shape index (κ1) is 14.0. The van der Waals surface area contributed by atoms with Crippen molar-refractivity contribution in [3.05, 3.63) is 0 Å². The number of carbonyl (C=O) groups is 2. The van der Waals surface area contributed by atoms with E-state index < -0.39 is 0 Å². The second-order valence-electron chi connectivity index (χ2n) is 4.66. The minimum atomic E-state index is -0.214. The third-order valence-corrected chi connectivity index (χ3v) is 3.31. The summed E-state index contributed by atoms with van der Waals surface area (Å²) in [6.07, 6.45) is 7.91. The number of nitrogens with one attached hydrogen (secondary N) is 1. The van der Waals surface area contributed by atoms with Crippen molar-refractivity contribution in [3.8, 4) is 0 Å². The number of hydrogen-bond donors (Lipinski definition) is 1. The summed E-state index contributed by atoms with van der Waals surface area (Å²) in [5, 5.41) is 2.91. The van der Waals surface area contributed by atoms with Crippen LogP contribution in [0.4, 0.5) is 0 Å². The molecule has 4 heteroatoms. The van der Waals surface area contributed by atoms with Gasteiger partial charge in [-0.1, -0.05) is 25.7 Å². The van der Waals surface area contributed by atoms with Gasteiger partial charge in [-0.2, -0.15) is 0 Å². The van der Waals surface area contributed by atoms with E-state index in [9.17, 15) is 9.59 Å². The number of ether oxygens (including phenoxy) is 1. The van der Waals surface area contributed by atoms with Crippen LogP contribution in [0.25, 0.3) is 0 Å². The molecule has 0 spiro atoms. The summed E-state index contributed by atoms with van der Waals surface area (Å²) in [5.74, 6) is 0.140. The van der Waals surface area contributed by atoms with Crippen LogP contribution in [0.15, 0.2) is 0 Å². The highest BCUT2D eigenvalue weighted by Gasteiger charge is 2.19. The van der Waals surface area contributed by atoms with Gasteiger partial charge in [-0.3, -0.25) is 9.59 Å². The van der Waals surface area contributed by atoms with Gasteiger partial charge in [0.05, 0.1) is 7.11 Å². The second kappa shape index (κ2) is 8.09. The number of esters is 1. The quantitative estimate of drug-likeness (QED) is 0.455. The highest BCUT2D eigenvalue weighted by molar-refractivity contribution is 5.78. The molecule has 0 aromatic heterocycles. The number of amides is 1. The Labute approximate surface area is 103 Å². The predicted molar refractivity (Wildman–Crippen MR) is 65.5 cm³/mol. The first-order valence-corrected chi connectivity index (χ1v) is 6.58. The molecule has 1 aliphatic rings. The summed E-state index contributed by atoms with van der Waals surface area (Å²) >= 11 is 0. The molecule has 0 aromatic rings. The van der Waals surface area contributed by atoms with Crippen LogP contribution in [0.3, 0.4) is 0 Å². The van der Waals surface area contributed by atoms with E-state index in [-0.39, 0.29) is 17.8 Å². The van der Waals surface area contributed by atoms with Gasteiger partial charge < -0.3 is 10.1 Å². The van der Waals surface area contributed by atoms with Crippen LogP contribution in [0.5, 0.6) is 0 Å². The molecule has 0 radical (unpaired) electrons. The Morgan fingerprint density at radius 1 is 1.18 bits per heavy atom. The third-order valence-electron chi connectivity index (χ3n) is 3.31. The van der Waals surface area contributed by atoms with Crippen molar-refractivity contribution in [3.63, 3.8) is 0 Å². The Hall–Kier alpha value is -1.06. The fraction of sp³-hybridized carbons (Fsp3) is 0.846. The van der Waals surface area contributed by atoms with Gasteiger partial charge in [0.15, 0.2) is 0 Å². The molecule has 1 fully saturated rings. The number of rotatable bonds is 5. The Balaban J connectivity index is 2.13. The molecule has 1 aliphatic carbocycles. The van der Waals surface area contributed by atoms with Gasteiger partial charge in [0.1, 0.15) is 0 Å². The normalized spacial score (nSPS) is 17.2. The highest BCUT2D eigenvalue weighted by Crippen LogP contribution is 2.22. The van der Waals surface area contributed by atoms with E-state index in [0.717, 1.165) is 12.8 Å². The van der Waals surface area contributed by atoms with Crippen LogP contribution in [0.1, 0.15) is 51.4 Å². The van der Waals surface area contributed by atoms with Crippen LogP contribution < -0.4 is 5.32 Å². The molecule has 1 saturated carbocycles. The lowest BCUT2D eigenvalue weighted by molar-refractivity contribution is -0.140. The van der Waals surface area contributed by atoms with Crippen molar-refractivity contribution < 1.29 is 14.3 Å². The largest absolute Gasteiger partial charge is 0.469 e. The average Bonchev–Trinajstić information content (AvgIpc) is 2.62. The zero-order valence-electron chi connectivity index (χ0n) is 10.7. The summed E-state index contributed by atoms with van der Waals surface area (Å²) in [6.45, 7) is 0.574. The molecule has 0 saturated heterocycles. The van der Waals surface area contributed by atoms with Crippen molar-refractivity contribution >= 4 is 11.9 Å². The highest BCUT2D eigenvalue weighted by atomic mass is 16.5. The van der Waals surface area contributed by atoms with Crippen molar-refractivity contribution in [2.75, 3.05) is 13.7 Å². The van der Waals surface area contributed by atoms with E-state index in [1.54, 1.807) is 0 Å². The fourth-order valence-electron chi connectivity index (χ4n) is 2.23. The van der Waals surface area contributed by atoms with Crippen LogP contribution in [0, 0.1) is 5.92 Å². The summed E-state index contributed by atoms with van der Waals surface area (Å²) in [7, 11) is 1.38. The van der Waals surface area contributed by atoms with E-state index in [1.807, 2.05) is 0 Å². The maximum Gasteiger partial charge on any atom is 0.305 e. The molecular weight excluding hydrogens is 218 g/mol. The molecule has 1 amide bonds. The van der Waals surface area contributed by atoms with E-state index >= 15 is 0 Å². The summed E-state index contributed by atoms with van der Waals surface area (Å²) < 4.78 is 4.54. The first-order valence-electron chi connectivity index (χ1n) is 6.58. The molecular formula is C13H23NO3. The van der Waals surface area contributed by atoms with Crippen LogP contribution >= 0.6 is 0 Å². The molecule has 1 N–H and O–H groups in total. The minimum Gasteiger partial charge on any atom is -0.469 e. The van der Waals surface area contributed by atoms with Gasteiger partial charge in [0.2, 0.25) is 5.91 Å². The topological polar surface area (TPSA) is 55.4 Å². The predicted octanol–water partition coefficient (Wildman–Crippen LogP) is 2.03. The van der Waals surface area contributed by atoms with E-state index in [2.05, 4.69) is 10.1 Å². The standard InChI is InChI=1S/C13H23NO3/c1-17-12(15)9-6-10-14-13(16)11-7-4-2-3-5-8-11/h11H,2-10H2,1H3,(H,14,16). The Morgan fingerprint density at radius 3 is 2.41 bits per heavy atom. The number of carbonyl (C=O) groups excluding carboxylic acids is 2. The van der Waals surface area contributed by atoms with E-state index in [1.165, 1.54) is 32.8 Å². The maximum atomic E-state index is 11.8. The summed E-state index contributed by atoms with van der Waals surface area (Å²) in [5.41, 5.74) is 0. The van der Waals surface area contributed by atoms with Crippen LogP contribution in [0.2, 0.25) is 0 Å². The first-order chi connectivity index (χ1) is 8.24. The lowest BCUT2D eigenvalue weighted by Gasteiger charge is -2.13. The monoisotopic (exact) mass is 241 g/mol.